The van der Waals surface area contributed by atoms with Crippen molar-refractivity contribution in [3.8, 4) is 11.5 Å². The molecule has 1 atom stereocenters. The smallest absolute Gasteiger partial charge is 0.331 e. The van der Waals surface area contributed by atoms with Crippen LogP contribution < -0.4 is 14.8 Å². The first-order valence-electron chi connectivity index (χ1n) is 7.97. The molecule has 0 bridgehead atoms. The molecule has 0 aromatic heterocycles. The van der Waals surface area contributed by atoms with Gasteiger partial charge in [0.2, 0.25) is 6.79 Å². The Kier molecular flexibility index (Phi) is 5.61. The second kappa shape index (κ2) is 8.09. The maximum absolute atomic E-state index is 13.7. The van der Waals surface area contributed by atoms with Crippen LogP contribution in [0.1, 0.15) is 12.5 Å². The van der Waals surface area contributed by atoms with Gasteiger partial charge < -0.3 is 19.5 Å². The van der Waals surface area contributed by atoms with Gasteiger partial charge in [-0.1, -0.05) is 17.7 Å². The number of hydrogen-bond donors (Lipinski definition) is 1. The Morgan fingerprint density at radius 1 is 1.26 bits per heavy atom. The van der Waals surface area contributed by atoms with E-state index >= 15 is 0 Å². The van der Waals surface area contributed by atoms with Gasteiger partial charge in [0, 0.05) is 23.4 Å². The largest absolute Gasteiger partial charge is 0.454 e. The van der Waals surface area contributed by atoms with Crippen molar-refractivity contribution in [2.45, 2.75) is 13.0 Å². The number of halogens is 2. The van der Waals surface area contributed by atoms with Crippen LogP contribution in [0, 0.1) is 5.82 Å². The van der Waals surface area contributed by atoms with Crippen molar-refractivity contribution < 1.29 is 28.2 Å². The Balaban J connectivity index is 1.57. The Morgan fingerprint density at radius 3 is 2.81 bits per heavy atom. The minimum atomic E-state index is -1.07. The summed E-state index contributed by atoms with van der Waals surface area (Å²) in [4.78, 5) is 24.0. The van der Waals surface area contributed by atoms with Crippen LogP contribution in [0.4, 0.5) is 10.1 Å². The van der Waals surface area contributed by atoms with Crippen molar-refractivity contribution in [2.75, 3.05) is 12.1 Å². The standard InChI is InChI=1S/C19H15ClFNO5/c1-11(19(24)22-12-5-7-16-17(9-12)26-10-25-16)27-18(23)8-6-13-14(20)3-2-4-15(13)21/h2-9,11H,10H2,1H3,(H,22,24)/b8-6+/t11-/m1/s1. The Hall–Kier alpha value is -3.06. The van der Waals surface area contributed by atoms with Crippen LogP contribution >= 0.6 is 11.6 Å². The van der Waals surface area contributed by atoms with Crippen molar-refractivity contribution in [2.24, 2.45) is 0 Å². The molecule has 0 unspecified atom stereocenters. The van der Waals surface area contributed by atoms with Crippen LogP contribution in [0.25, 0.3) is 6.08 Å². The number of carbonyl (C=O) groups is 2. The lowest BCUT2D eigenvalue weighted by Crippen LogP contribution is -2.29. The lowest BCUT2D eigenvalue weighted by atomic mass is 10.2. The number of fused-ring (bicyclic) bond motifs is 1. The first-order chi connectivity index (χ1) is 12.9. The number of ether oxygens (including phenoxy) is 3. The number of carbonyl (C=O) groups excluding carboxylic acids is 2. The minimum Gasteiger partial charge on any atom is -0.454 e. The molecule has 2 aromatic rings. The molecule has 0 aliphatic carbocycles. The summed E-state index contributed by atoms with van der Waals surface area (Å²) >= 11 is 5.87. The van der Waals surface area contributed by atoms with Gasteiger partial charge in [-0.05, 0) is 37.3 Å². The Morgan fingerprint density at radius 2 is 2.04 bits per heavy atom. The van der Waals surface area contributed by atoms with Crippen molar-refractivity contribution in [1.82, 2.24) is 0 Å². The minimum absolute atomic E-state index is 0.0635. The number of benzene rings is 2. The van der Waals surface area contributed by atoms with Gasteiger partial charge >= 0.3 is 5.97 Å². The fourth-order valence-electron chi connectivity index (χ4n) is 2.31. The van der Waals surface area contributed by atoms with E-state index in [0.29, 0.717) is 17.2 Å². The van der Waals surface area contributed by atoms with E-state index in [1.54, 1.807) is 18.2 Å². The molecule has 1 amide bonds. The molecule has 6 nitrogen and oxygen atoms in total. The number of hydrogen-bond acceptors (Lipinski definition) is 5. The second-order valence-electron chi connectivity index (χ2n) is 5.61. The highest BCUT2D eigenvalue weighted by Crippen LogP contribution is 2.34. The number of rotatable bonds is 5. The summed E-state index contributed by atoms with van der Waals surface area (Å²) in [7, 11) is 0. The average Bonchev–Trinajstić information content (AvgIpc) is 3.09. The molecule has 0 spiro atoms. The molecule has 1 aliphatic rings. The van der Waals surface area contributed by atoms with E-state index in [-0.39, 0.29) is 17.4 Å². The number of amides is 1. The molecule has 1 heterocycles. The monoisotopic (exact) mass is 391 g/mol. The van der Waals surface area contributed by atoms with E-state index in [2.05, 4.69) is 5.32 Å². The number of nitrogens with one attached hydrogen (secondary N) is 1. The summed E-state index contributed by atoms with van der Waals surface area (Å²) in [5.74, 6) is -0.797. The van der Waals surface area contributed by atoms with E-state index in [9.17, 15) is 14.0 Å². The molecular weight excluding hydrogens is 377 g/mol. The van der Waals surface area contributed by atoms with Crippen molar-refractivity contribution in [1.29, 1.82) is 0 Å². The lowest BCUT2D eigenvalue weighted by Gasteiger charge is -2.12. The molecule has 2 aromatic carbocycles. The molecule has 0 radical (unpaired) electrons. The van der Waals surface area contributed by atoms with E-state index in [1.807, 2.05) is 0 Å². The second-order valence-corrected chi connectivity index (χ2v) is 6.01. The lowest BCUT2D eigenvalue weighted by molar-refractivity contribution is -0.148. The van der Waals surface area contributed by atoms with E-state index in [4.69, 9.17) is 25.8 Å². The van der Waals surface area contributed by atoms with Crippen LogP contribution in [0.15, 0.2) is 42.5 Å². The fourth-order valence-corrected chi connectivity index (χ4v) is 2.53. The molecule has 0 saturated carbocycles. The topological polar surface area (TPSA) is 73.9 Å². The highest BCUT2D eigenvalue weighted by Gasteiger charge is 2.19. The summed E-state index contributed by atoms with van der Waals surface area (Å²) in [5, 5.41) is 2.77. The number of anilines is 1. The molecule has 0 saturated heterocycles. The third kappa shape index (κ3) is 4.57. The molecule has 1 N–H and O–H groups in total. The van der Waals surface area contributed by atoms with Crippen molar-refractivity contribution in [3.63, 3.8) is 0 Å². The zero-order valence-electron chi connectivity index (χ0n) is 14.2. The van der Waals surface area contributed by atoms with Crippen LogP contribution in [-0.2, 0) is 14.3 Å². The molecule has 27 heavy (non-hydrogen) atoms. The molecule has 0 fully saturated rings. The SMILES string of the molecule is C[C@@H](OC(=O)/C=C/c1c(F)cccc1Cl)C(=O)Nc1ccc2c(c1)OCO2. The van der Waals surface area contributed by atoms with Gasteiger partial charge in [0.1, 0.15) is 5.82 Å². The quantitative estimate of drug-likeness (QED) is 0.620. The Bertz CT molecular complexity index is 895. The zero-order chi connectivity index (χ0) is 19.4. The molecular formula is C19H15ClFNO5. The third-order valence-corrected chi connectivity index (χ3v) is 4.02. The van der Waals surface area contributed by atoms with Gasteiger partial charge in [-0.15, -0.1) is 0 Å². The average molecular weight is 392 g/mol. The number of esters is 1. The Labute approximate surface area is 159 Å². The molecule has 3 rings (SSSR count). The summed E-state index contributed by atoms with van der Waals surface area (Å²) in [5.41, 5.74) is 0.536. The molecule has 1 aliphatic heterocycles. The maximum Gasteiger partial charge on any atom is 0.331 e. The molecule has 8 heteroatoms. The highest BCUT2D eigenvalue weighted by atomic mass is 35.5. The van der Waals surface area contributed by atoms with Gasteiger partial charge in [-0.2, -0.15) is 0 Å². The summed E-state index contributed by atoms with van der Waals surface area (Å²) in [6.07, 6.45) is 1.14. The fraction of sp³-hybridized carbons (Fsp3) is 0.158. The highest BCUT2D eigenvalue weighted by molar-refractivity contribution is 6.32. The first-order valence-corrected chi connectivity index (χ1v) is 8.35. The van der Waals surface area contributed by atoms with Crippen LogP contribution in [0.3, 0.4) is 0 Å². The maximum atomic E-state index is 13.7. The van der Waals surface area contributed by atoms with Crippen molar-refractivity contribution in [3.05, 3.63) is 58.9 Å². The van der Waals surface area contributed by atoms with Crippen molar-refractivity contribution >= 4 is 35.2 Å². The third-order valence-electron chi connectivity index (χ3n) is 3.69. The summed E-state index contributed by atoms with van der Waals surface area (Å²) < 4.78 is 29.1. The summed E-state index contributed by atoms with van der Waals surface area (Å²) in [6.45, 7) is 1.54. The van der Waals surface area contributed by atoms with E-state index < -0.39 is 23.8 Å². The zero-order valence-corrected chi connectivity index (χ0v) is 15.0. The van der Waals surface area contributed by atoms with Gasteiger partial charge in [-0.25, -0.2) is 9.18 Å². The van der Waals surface area contributed by atoms with E-state index in [1.165, 1.54) is 31.2 Å². The first kappa shape index (κ1) is 18.7. The van der Waals surface area contributed by atoms with Crippen LogP contribution in [0.5, 0.6) is 11.5 Å². The predicted molar refractivity (Wildman–Crippen MR) is 97.2 cm³/mol. The van der Waals surface area contributed by atoms with E-state index in [0.717, 1.165) is 6.08 Å². The summed E-state index contributed by atoms with van der Waals surface area (Å²) in [6, 6.07) is 9.08. The normalized spacial score (nSPS) is 13.4. The van der Waals surface area contributed by atoms with Crippen LogP contribution in [0.2, 0.25) is 5.02 Å². The molecule has 140 valence electrons. The van der Waals surface area contributed by atoms with Gasteiger partial charge in [0.25, 0.3) is 5.91 Å². The van der Waals surface area contributed by atoms with Crippen LogP contribution in [-0.4, -0.2) is 24.8 Å². The van der Waals surface area contributed by atoms with Gasteiger partial charge in [-0.3, -0.25) is 4.79 Å². The predicted octanol–water partition coefficient (Wildman–Crippen LogP) is 3.79. The van der Waals surface area contributed by atoms with Gasteiger partial charge in [0.15, 0.2) is 17.6 Å². The van der Waals surface area contributed by atoms with Gasteiger partial charge in [0.05, 0.1) is 5.02 Å².